The van der Waals surface area contributed by atoms with Gasteiger partial charge in [0.1, 0.15) is 0 Å². The lowest BCUT2D eigenvalue weighted by Gasteiger charge is -2.37. The zero-order valence-corrected chi connectivity index (χ0v) is 21.1. The van der Waals surface area contributed by atoms with Gasteiger partial charge in [0.15, 0.2) is 11.6 Å². The van der Waals surface area contributed by atoms with Crippen LogP contribution >= 0.6 is 0 Å². The van der Waals surface area contributed by atoms with Crippen molar-refractivity contribution >= 4 is 0 Å². The normalized spacial score (nSPS) is 30.0. The standard InChI is InChI=1S/C30H46F2O/c1-3-5-6-7-27-19-18-26-20-25(28(31)29(32)30(26)33-27)17-12-22-10-15-24(16-11-22)23-13-8-21(4-2)9-14-23/h20-24,27H,3-19H2,1-2H3/t21-,22?,23-,24?,27?. The minimum atomic E-state index is -0.742. The van der Waals surface area contributed by atoms with Gasteiger partial charge in [0, 0.05) is 0 Å². The van der Waals surface area contributed by atoms with Gasteiger partial charge in [0.05, 0.1) is 6.10 Å². The number of ether oxygens (including phenoxy) is 1. The SMILES string of the molecule is CCCCCC1CCc2cc(CCC3CCC([C@H]4CC[C@H](CC)CC4)CC3)c(F)c(F)c2O1. The molecule has 1 nitrogen and oxygen atoms in total. The van der Waals surface area contributed by atoms with Crippen molar-refractivity contribution in [3.05, 3.63) is 28.8 Å². The van der Waals surface area contributed by atoms with Crippen molar-refractivity contribution in [3.63, 3.8) is 0 Å². The zero-order valence-electron chi connectivity index (χ0n) is 21.1. The van der Waals surface area contributed by atoms with E-state index >= 15 is 0 Å². The summed E-state index contributed by atoms with van der Waals surface area (Å²) in [6, 6.07) is 1.91. The molecule has 1 aromatic rings. The van der Waals surface area contributed by atoms with Gasteiger partial charge in [-0.3, -0.25) is 0 Å². The second-order valence-electron chi connectivity index (χ2n) is 11.4. The molecular weight excluding hydrogens is 414 g/mol. The van der Waals surface area contributed by atoms with E-state index in [-0.39, 0.29) is 11.9 Å². The first-order valence-corrected chi connectivity index (χ1v) is 14.2. The van der Waals surface area contributed by atoms with Gasteiger partial charge in [-0.15, -0.1) is 0 Å². The predicted octanol–water partition coefficient (Wildman–Crippen LogP) is 9.19. The Kier molecular flexibility index (Phi) is 9.11. The molecule has 0 spiro atoms. The molecule has 0 N–H and O–H groups in total. The fourth-order valence-corrected chi connectivity index (χ4v) is 6.96. The number of hydrogen-bond donors (Lipinski definition) is 0. The van der Waals surface area contributed by atoms with Crippen LogP contribution in [0.4, 0.5) is 8.78 Å². The number of unbranched alkanes of at least 4 members (excludes halogenated alkanes) is 2. The maximum Gasteiger partial charge on any atom is 0.201 e. The van der Waals surface area contributed by atoms with Crippen LogP contribution in [0.1, 0.15) is 121 Å². The summed E-state index contributed by atoms with van der Waals surface area (Å²) >= 11 is 0. The van der Waals surface area contributed by atoms with Crippen LogP contribution in [-0.2, 0) is 12.8 Å². The second kappa shape index (κ2) is 12.0. The highest BCUT2D eigenvalue weighted by molar-refractivity contribution is 5.41. The van der Waals surface area contributed by atoms with E-state index in [1.165, 1.54) is 64.2 Å². The third-order valence-electron chi connectivity index (χ3n) is 9.31. The lowest BCUT2D eigenvalue weighted by atomic mass is 9.68. The molecule has 33 heavy (non-hydrogen) atoms. The number of fused-ring (bicyclic) bond motifs is 1. The molecule has 3 aliphatic rings. The minimum absolute atomic E-state index is 0.0380. The number of benzene rings is 1. The summed E-state index contributed by atoms with van der Waals surface area (Å²) < 4.78 is 35.7. The molecule has 1 aliphatic heterocycles. The second-order valence-corrected chi connectivity index (χ2v) is 11.4. The molecule has 0 radical (unpaired) electrons. The monoisotopic (exact) mass is 460 g/mol. The number of hydrogen-bond acceptors (Lipinski definition) is 1. The van der Waals surface area contributed by atoms with Crippen molar-refractivity contribution < 1.29 is 13.5 Å². The summed E-state index contributed by atoms with van der Waals surface area (Å²) in [5.74, 6) is 2.31. The number of aryl methyl sites for hydroxylation is 2. The molecule has 0 bridgehead atoms. The van der Waals surface area contributed by atoms with Crippen molar-refractivity contribution in [1.82, 2.24) is 0 Å². The maximum atomic E-state index is 14.9. The van der Waals surface area contributed by atoms with E-state index in [0.29, 0.717) is 17.9 Å². The molecule has 0 saturated heterocycles. The van der Waals surface area contributed by atoms with E-state index in [0.717, 1.165) is 61.8 Å². The molecule has 1 heterocycles. The molecular formula is C30H46F2O. The Morgan fingerprint density at radius 3 is 2.09 bits per heavy atom. The van der Waals surface area contributed by atoms with Crippen LogP contribution in [0.2, 0.25) is 0 Å². The molecule has 4 rings (SSSR count). The van der Waals surface area contributed by atoms with Crippen LogP contribution in [0.5, 0.6) is 5.75 Å². The zero-order chi connectivity index (χ0) is 23.2. The highest BCUT2D eigenvalue weighted by Crippen LogP contribution is 2.43. The highest BCUT2D eigenvalue weighted by atomic mass is 19.2. The molecule has 3 heteroatoms. The fourth-order valence-electron chi connectivity index (χ4n) is 6.96. The van der Waals surface area contributed by atoms with Gasteiger partial charge >= 0.3 is 0 Å². The average molecular weight is 461 g/mol. The average Bonchev–Trinajstić information content (AvgIpc) is 2.86. The van der Waals surface area contributed by atoms with E-state index in [1.807, 2.05) is 6.07 Å². The van der Waals surface area contributed by atoms with Crippen LogP contribution < -0.4 is 4.74 Å². The Hall–Kier alpha value is -1.12. The van der Waals surface area contributed by atoms with Gasteiger partial charge in [-0.05, 0) is 105 Å². The molecule has 0 aromatic heterocycles. The van der Waals surface area contributed by atoms with Crippen LogP contribution in [0.25, 0.3) is 0 Å². The molecule has 0 amide bonds. The number of rotatable bonds is 9. The molecule has 2 saturated carbocycles. The van der Waals surface area contributed by atoms with E-state index in [9.17, 15) is 8.78 Å². The maximum absolute atomic E-state index is 14.9. The molecule has 2 fully saturated rings. The van der Waals surface area contributed by atoms with Gasteiger partial charge in [-0.1, -0.05) is 58.8 Å². The van der Waals surface area contributed by atoms with Crippen molar-refractivity contribution in [2.75, 3.05) is 0 Å². The van der Waals surface area contributed by atoms with E-state index < -0.39 is 11.6 Å². The van der Waals surface area contributed by atoms with Crippen molar-refractivity contribution in [3.8, 4) is 5.75 Å². The van der Waals surface area contributed by atoms with Crippen molar-refractivity contribution in [1.29, 1.82) is 0 Å². The van der Waals surface area contributed by atoms with E-state index in [2.05, 4.69) is 13.8 Å². The first-order chi connectivity index (χ1) is 16.1. The molecule has 2 aliphatic carbocycles. The summed E-state index contributed by atoms with van der Waals surface area (Å²) in [6.45, 7) is 4.52. The summed E-state index contributed by atoms with van der Waals surface area (Å²) in [7, 11) is 0. The minimum Gasteiger partial charge on any atom is -0.487 e. The molecule has 186 valence electrons. The lowest BCUT2D eigenvalue weighted by molar-refractivity contribution is 0.142. The Morgan fingerprint density at radius 1 is 0.788 bits per heavy atom. The van der Waals surface area contributed by atoms with Gasteiger partial charge in [0.25, 0.3) is 0 Å². The Bertz CT molecular complexity index is 744. The summed E-state index contributed by atoms with van der Waals surface area (Å²) in [4.78, 5) is 0. The van der Waals surface area contributed by atoms with Crippen molar-refractivity contribution in [2.45, 2.75) is 129 Å². The third-order valence-corrected chi connectivity index (χ3v) is 9.31. The molecule has 1 atom stereocenters. The lowest BCUT2D eigenvalue weighted by Crippen LogP contribution is -2.26. The fraction of sp³-hybridized carbons (Fsp3) is 0.800. The smallest absolute Gasteiger partial charge is 0.201 e. The topological polar surface area (TPSA) is 9.23 Å². The molecule has 1 aromatic carbocycles. The Labute approximate surface area is 201 Å². The summed E-state index contributed by atoms with van der Waals surface area (Å²) in [5, 5.41) is 0. The summed E-state index contributed by atoms with van der Waals surface area (Å²) in [6.07, 6.45) is 20.1. The van der Waals surface area contributed by atoms with Gasteiger partial charge in [-0.2, -0.15) is 4.39 Å². The highest BCUT2D eigenvalue weighted by Gasteiger charge is 2.31. The Morgan fingerprint density at radius 2 is 1.45 bits per heavy atom. The third kappa shape index (κ3) is 6.31. The largest absolute Gasteiger partial charge is 0.487 e. The van der Waals surface area contributed by atoms with Crippen LogP contribution in [-0.4, -0.2) is 6.10 Å². The van der Waals surface area contributed by atoms with Gasteiger partial charge in [0.2, 0.25) is 5.82 Å². The van der Waals surface area contributed by atoms with Gasteiger partial charge < -0.3 is 4.74 Å². The first kappa shape index (κ1) is 25.0. The number of halogens is 2. The predicted molar refractivity (Wildman–Crippen MR) is 133 cm³/mol. The van der Waals surface area contributed by atoms with Crippen LogP contribution in [0.3, 0.4) is 0 Å². The summed E-state index contributed by atoms with van der Waals surface area (Å²) in [5.41, 5.74) is 1.45. The quantitative estimate of drug-likeness (QED) is 0.334. The Balaban J connectivity index is 1.26. The molecule has 1 unspecified atom stereocenters. The van der Waals surface area contributed by atoms with E-state index in [1.54, 1.807) is 0 Å². The van der Waals surface area contributed by atoms with E-state index in [4.69, 9.17) is 4.74 Å². The van der Waals surface area contributed by atoms with Crippen LogP contribution in [0, 0.1) is 35.3 Å². The van der Waals surface area contributed by atoms with Gasteiger partial charge in [-0.25, -0.2) is 4.39 Å². The first-order valence-electron chi connectivity index (χ1n) is 14.2. The van der Waals surface area contributed by atoms with Crippen molar-refractivity contribution in [2.24, 2.45) is 23.7 Å². The van der Waals surface area contributed by atoms with Crippen LogP contribution in [0.15, 0.2) is 6.07 Å².